The molecule has 0 radical (unpaired) electrons. The lowest BCUT2D eigenvalue weighted by molar-refractivity contribution is -0.121. The van der Waals surface area contributed by atoms with Crippen LogP contribution in [-0.2, 0) is 4.79 Å². The van der Waals surface area contributed by atoms with Gasteiger partial charge in [0.2, 0.25) is 5.91 Å². The van der Waals surface area contributed by atoms with Gasteiger partial charge in [-0.05, 0) is 69.2 Å². The molecule has 6 nitrogen and oxygen atoms in total. The van der Waals surface area contributed by atoms with Crippen LogP contribution in [0.2, 0.25) is 0 Å². The van der Waals surface area contributed by atoms with Crippen molar-refractivity contribution >= 4 is 11.9 Å². The quantitative estimate of drug-likeness (QED) is 0.398. The first kappa shape index (κ1) is 23.0. The number of amides is 1. The standard InChI is InChI=1S/C23H38N4O2/c1-6-25-23(27-11-8-20(9-12-27)16-22(28)24-5)26-10-7-13-29-21-15-17(2)14-18(3)19(21)4/h14-15,20H,6-13,16H2,1-5H3,(H,24,28)(H,25,26). The van der Waals surface area contributed by atoms with Gasteiger partial charge in [0.25, 0.3) is 0 Å². The zero-order valence-electron chi connectivity index (χ0n) is 18.8. The summed E-state index contributed by atoms with van der Waals surface area (Å²) in [5.74, 6) is 2.58. The Morgan fingerprint density at radius 1 is 1.24 bits per heavy atom. The Morgan fingerprint density at radius 3 is 2.62 bits per heavy atom. The zero-order valence-corrected chi connectivity index (χ0v) is 18.8. The van der Waals surface area contributed by atoms with Crippen molar-refractivity contribution in [2.24, 2.45) is 10.9 Å². The van der Waals surface area contributed by atoms with Gasteiger partial charge < -0.3 is 20.3 Å². The molecule has 1 aliphatic heterocycles. The molecule has 2 N–H and O–H groups in total. The molecular weight excluding hydrogens is 364 g/mol. The van der Waals surface area contributed by atoms with Crippen LogP contribution < -0.4 is 15.4 Å². The van der Waals surface area contributed by atoms with E-state index in [2.05, 4.69) is 55.4 Å². The number of nitrogens with zero attached hydrogens (tertiary/aromatic N) is 2. The molecule has 0 saturated carbocycles. The fourth-order valence-electron chi connectivity index (χ4n) is 3.72. The van der Waals surface area contributed by atoms with Gasteiger partial charge in [0.1, 0.15) is 5.75 Å². The Labute approximate surface area is 176 Å². The van der Waals surface area contributed by atoms with E-state index in [0.717, 1.165) is 57.2 Å². The summed E-state index contributed by atoms with van der Waals surface area (Å²) in [4.78, 5) is 18.7. The van der Waals surface area contributed by atoms with Crippen molar-refractivity contribution in [3.63, 3.8) is 0 Å². The Kier molecular flexibility index (Phi) is 9.29. The smallest absolute Gasteiger partial charge is 0.220 e. The van der Waals surface area contributed by atoms with Crippen LogP contribution in [0.4, 0.5) is 0 Å². The minimum atomic E-state index is 0.142. The molecule has 1 aliphatic rings. The maximum Gasteiger partial charge on any atom is 0.220 e. The van der Waals surface area contributed by atoms with Crippen LogP contribution in [0, 0.1) is 26.7 Å². The molecular formula is C23H38N4O2. The number of guanidine groups is 1. The summed E-state index contributed by atoms with van der Waals surface area (Å²) in [6.45, 7) is 12.6. The van der Waals surface area contributed by atoms with E-state index in [4.69, 9.17) is 9.73 Å². The van der Waals surface area contributed by atoms with Gasteiger partial charge in [0.05, 0.1) is 6.61 Å². The first-order valence-electron chi connectivity index (χ1n) is 10.9. The highest BCUT2D eigenvalue weighted by molar-refractivity contribution is 5.80. The number of hydrogen-bond donors (Lipinski definition) is 2. The summed E-state index contributed by atoms with van der Waals surface area (Å²) in [6.07, 6.45) is 3.58. The molecule has 1 saturated heterocycles. The minimum Gasteiger partial charge on any atom is -0.493 e. The number of rotatable bonds is 8. The van der Waals surface area contributed by atoms with Gasteiger partial charge in [-0.25, -0.2) is 0 Å². The van der Waals surface area contributed by atoms with E-state index in [9.17, 15) is 4.79 Å². The normalized spacial score (nSPS) is 15.3. The number of hydrogen-bond acceptors (Lipinski definition) is 3. The average Bonchev–Trinajstić information content (AvgIpc) is 2.70. The molecule has 162 valence electrons. The molecule has 6 heteroatoms. The van der Waals surface area contributed by atoms with Gasteiger partial charge in [-0.15, -0.1) is 0 Å². The van der Waals surface area contributed by atoms with Crippen LogP contribution in [0.5, 0.6) is 5.75 Å². The van der Waals surface area contributed by atoms with E-state index in [1.165, 1.54) is 16.7 Å². The monoisotopic (exact) mass is 402 g/mol. The molecule has 0 aliphatic carbocycles. The summed E-state index contributed by atoms with van der Waals surface area (Å²) in [5, 5.41) is 6.13. The third kappa shape index (κ3) is 7.26. The average molecular weight is 403 g/mol. The first-order valence-corrected chi connectivity index (χ1v) is 10.9. The van der Waals surface area contributed by atoms with Gasteiger partial charge in [-0.1, -0.05) is 6.07 Å². The first-order chi connectivity index (χ1) is 13.9. The number of carbonyl (C=O) groups excluding carboxylic acids is 1. The van der Waals surface area contributed by atoms with Gasteiger partial charge in [0.15, 0.2) is 5.96 Å². The predicted molar refractivity (Wildman–Crippen MR) is 120 cm³/mol. The molecule has 1 heterocycles. The molecule has 0 atom stereocenters. The number of ether oxygens (including phenoxy) is 1. The SMILES string of the molecule is CCNC(=NCCCOc1cc(C)cc(C)c1C)N1CCC(CC(=O)NC)CC1. The molecule has 0 spiro atoms. The van der Waals surface area contributed by atoms with Crippen molar-refractivity contribution < 1.29 is 9.53 Å². The van der Waals surface area contributed by atoms with Gasteiger partial charge in [0, 0.05) is 46.1 Å². The third-order valence-corrected chi connectivity index (χ3v) is 5.59. The zero-order chi connectivity index (χ0) is 21.2. The largest absolute Gasteiger partial charge is 0.493 e. The second-order valence-corrected chi connectivity index (χ2v) is 7.95. The Hall–Kier alpha value is -2.24. The van der Waals surface area contributed by atoms with Crippen molar-refractivity contribution in [3.8, 4) is 5.75 Å². The number of likely N-dealkylation sites (tertiary alicyclic amines) is 1. The van der Waals surface area contributed by atoms with Gasteiger partial charge in [-0.2, -0.15) is 0 Å². The molecule has 2 rings (SSSR count). The maximum atomic E-state index is 11.6. The Balaban J connectivity index is 1.80. The molecule has 0 aromatic heterocycles. The van der Waals surface area contributed by atoms with Crippen LogP contribution in [0.25, 0.3) is 0 Å². The number of nitrogens with one attached hydrogen (secondary N) is 2. The summed E-state index contributed by atoms with van der Waals surface area (Å²) >= 11 is 0. The number of carbonyl (C=O) groups is 1. The van der Waals surface area contributed by atoms with E-state index >= 15 is 0 Å². The second-order valence-electron chi connectivity index (χ2n) is 7.95. The van der Waals surface area contributed by atoms with E-state index in [1.54, 1.807) is 7.05 Å². The fraction of sp³-hybridized carbons (Fsp3) is 0.652. The molecule has 29 heavy (non-hydrogen) atoms. The predicted octanol–water partition coefficient (Wildman–Crippen LogP) is 3.19. The van der Waals surface area contributed by atoms with Gasteiger partial charge >= 0.3 is 0 Å². The highest BCUT2D eigenvalue weighted by atomic mass is 16.5. The Bertz CT molecular complexity index is 694. The van der Waals surface area contributed by atoms with E-state index in [-0.39, 0.29) is 5.91 Å². The molecule has 0 unspecified atom stereocenters. The highest BCUT2D eigenvalue weighted by Crippen LogP contribution is 2.23. The summed E-state index contributed by atoms with van der Waals surface area (Å²) in [6, 6.07) is 4.30. The number of aryl methyl sites for hydroxylation is 2. The summed E-state index contributed by atoms with van der Waals surface area (Å²) in [7, 11) is 1.71. The van der Waals surface area contributed by atoms with Crippen molar-refractivity contribution in [2.45, 2.75) is 53.4 Å². The third-order valence-electron chi connectivity index (χ3n) is 5.59. The second kappa shape index (κ2) is 11.7. The van der Waals surface area contributed by atoms with E-state index in [1.807, 2.05) is 0 Å². The van der Waals surface area contributed by atoms with Crippen molar-refractivity contribution in [1.82, 2.24) is 15.5 Å². The fourth-order valence-corrected chi connectivity index (χ4v) is 3.72. The van der Waals surface area contributed by atoms with Gasteiger partial charge in [-0.3, -0.25) is 9.79 Å². The van der Waals surface area contributed by atoms with E-state index < -0.39 is 0 Å². The van der Waals surface area contributed by atoms with Crippen molar-refractivity contribution in [2.75, 3.05) is 39.8 Å². The lowest BCUT2D eigenvalue weighted by atomic mass is 9.93. The number of piperidine rings is 1. The minimum absolute atomic E-state index is 0.142. The lowest BCUT2D eigenvalue weighted by Crippen LogP contribution is -2.46. The van der Waals surface area contributed by atoms with Crippen LogP contribution in [0.1, 0.15) is 49.3 Å². The topological polar surface area (TPSA) is 66.0 Å². The van der Waals surface area contributed by atoms with Crippen LogP contribution >= 0.6 is 0 Å². The van der Waals surface area contributed by atoms with Crippen LogP contribution in [0.15, 0.2) is 17.1 Å². The highest BCUT2D eigenvalue weighted by Gasteiger charge is 2.22. The number of aliphatic imine (C=N–C) groups is 1. The number of benzene rings is 1. The molecule has 1 amide bonds. The molecule has 1 aromatic carbocycles. The maximum absolute atomic E-state index is 11.6. The molecule has 1 fully saturated rings. The van der Waals surface area contributed by atoms with Crippen molar-refractivity contribution in [1.29, 1.82) is 0 Å². The van der Waals surface area contributed by atoms with E-state index in [0.29, 0.717) is 18.9 Å². The summed E-state index contributed by atoms with van der Waals surface area (Å²) < 4.78 is 6.01. The summed E-state index contributed by atoms with van der Waals surface area (Å²) in [5.41, 5.74) is 3.72. The van der Waals surface area contributed by atoms with Crippen LogP contribution in [-0.4, -0.2) is 56.6 Å². The molecule has 0 bridgehead atoms. The molecule has 1 aromatic rings. The van der Waals surface area contributed by atoms with Crippen molar-refractivity contribution in [3.05, 3.63) is 28.8 Å². The van der Waals surface area contributed by atoms with Crippen LogP contribution in [0.3, 0.4) is 0 Å². The Morgan fingerprint density at radius 2 is 1.97 bits per heavy atom. The lowest BCUT2D eigenvalue weighted by Gasteiger charge is -2.34.